The number of anilines is 1. The smallest absolute Gasteiger partial charge is 0.346 e. The summed E-state index contributed by atoms with van der Waals surface area (Å²) in [5, 5.41) is 29.2. The van der Waals surface area contributed by atoms with E-state index < -0.39 is 61.5 Å². The molecule has 14 heteroatoms. The summed E-state index contributed by atoms with van der Waals surface area (Å²) in [6, 6.07) is -0.682. The van der Waals surface area contributed by atoms with Crippen molar-refractivity contribution in [2.24, 2.45) is 0 Å². The van der Waals surface area contributed by atoms with E-state index in [4.69, 9.17) is 15.2 Å². The highest BCUT2D eigenvalue weighted by atomic mass is 19.3. The van der Waals surface area contributed by atoms with Crippen LogP contribution in [-0.4, -0.2) is 77.7 Å². The molecular formula is C14H15F4N5O5. The van der Waals surface area contributed by atoms with E-state index in [1.165, 1.54) is 0 Å². The number of nitrogen functional groups attached to an aromatic ring is 1. The second kappa shape index (κ2) is 6.10. The van der Waals surface area contributed by atoms with Gasteiger partial charge in [0.1, 0.15) is 18.3 Å². The van der Waals surface area contributed by atoms with E-state index in [2.05, 4.69) is 15.0 Å². The molecule has 5 atom stereocenters. The molecule has 2 fully saturated rings. The van der Waals surface area contributed by atoms with Gasteiger partial charge >= 0.3 is 17.9 Å². The summed E-state index contributed by atoms with van der Waals surface area (Å²) in [6.45, 7) is -0.572. The predicted molar refractivity (Wildman–Crippen MR) is 81.7 cm³/mol. The van der Waals surface area contributed by atoms with Crippen molar-refractivity contribution in [1.82, 2.24) is 19.5 Å². The van der Waals surface area contributed by atoms with Crippen molar-refractivity contribution < 1.29 is 42.4 Å². The summed E-state index contributed by atoms with van der Waals surface area (Å²) in [5.41, 5.74) is 5.61. The first-order chi connectivity index (χ1) is 13.1. The fraction of sp³-hybridized carbons (Fsp3) is 0.643. The number of halogens is 4. The SMILES string of the molecule is Nc1nc(OC2CC(F)(F)C2(F)F)nc2c1ncn2[C@@H]1O[C@H](CO)[C@@H](O)[C@H]1O. The Labute approximate surface area is 153 Å². The minimum atomic E-state index is -4.39. The topological polar surface area (TPSA) is 149 Å². The number of alkyl halides is 4. The first-order valence-corrected chi connectivity index (χ1v) is 8.11. The number of rotatable bonds is 4. The highest BCUT2D eigenvalue weighted by molar-refractivity contribution is 5.82. The van der Waals surface area contributed by atoms with Crippen LogP contribution >= 0.6 is 0 Å². The van der Waals surface area contributed by atoms with Crippen LogP contribution in [0.15, 0.2) is 6.33 Å². The second-order valence-electron chi connectivity index (χ2n) is 6.58. The number of nitrogens with two attached hydrogens (primary N) is 1. The molecule has 154 valence electrons. The van der Waals surface area contributed by atoms with Crippen LogP contribution in [0.1, 0.15) is 12.6 Å². The molecule has 2 aliphatic rings. The minimum Gasteiger partial charge on any atom is -0.453 e. The first-order valence-electron chi connectivity index (χ1n) is 8.11. The lowest BCUT2D eigenvalue weighted by molar-refractivity contribution is -0.325. The Morgan fingerprint density at radius 3 is 2.54 bits per heavy atom. The molecule has 2 aromatic heterocycles. The van der Waals surface area contributed by atoms with Crippen molar-refractivity contribution in [3.63, 3.8) is 0 Å². The van der Waals surface area contributed by atoms with Crippen molar-refractivity contribution in [1.29, 1.82) is 0 Å². The van der Waals surface area contributed by atoms with Crippen LogP contribution in [0.3, 0.4) is 0 Å². The molecule has 0 bridgehead atoms. The number of ether oxygens (including phenoxy) is 2. The fourth-order valence-electron chi connectivity index (χ4n) is 3.11. The maximum Gasteiger partial charge on any atom is 0.346 e. The number of aromatic nitrogens is 4. The van der Waals surface area contributed by atoms with E-state index in [1.807, 2.05) is 0 Å². The van der Waals surface area contributed by atoms with E-state index in [0.29, 0.717) is 0 Å². The fourth-order valence-corrected chi connectivity index (χ4v) is 3.11. The van der Waals surface area contributed by atoms with Gasteiger partial charge in [-0.05, 0) is 0 Å². The zero-order valence-corrected chi connectivity index (χ0v) is 13.9. The molecular weight excluding hydrogens is 394 g/mol. The van der Waals surface area contributed by atoms with E-state index in [1.54, 1.807) is 0 Å². The molecule has 28 heavy (non-hydrogen) atoms. The minimum absolute atomic E-state index is 0.00999. The Kier molecular flexibility index (Phi) is 4.15. The summed E-state index contributed by atoms with van der Waals surface area (Å²) in [7, 11) is 0. The van der Waals surface area contributed by atoms with Gasteiger partial charge in [0.05, 0.1) is 19.4 Å². The number of hydrogen-bond donors (Lipinski definition) is 4. The van der Waals surface area contributed by atoms with Crippen LogP contribution in [-0.2, 0) is 4.74 Å². The summed E-state index contributed by atoms with van der Waals surface area (Å²) >= 11 is 0. The van der Waals surface area contributed by atoms with Crippen LogP contribution in [0.2, 0.25) is 0 Å². The normalized spacial score (nSPS) is 33.8. The van der Waals surface area contributed by atoms with Crippen LogP contribution in [0, 0.1) is 0 Å². The Morgan fingerprint density at radius 2 is 1.96 bits per heavy atom. The second-order valence-corrected chi connectivity index (χ2v) is 6.58. The van der Waals surface area contributed by atoms with Crippen molar-refractivity contribution in [2.45, 2.75) is 48.9 Å². The van der Waals surface area contributed by atoms with Gasteiger partial charge < -0.3 is 30.5 Å². The van der Waals surface area contributed by atoms with E-state index in [9.17, 15) is 32.9 Å². The Hall–Kier alpha value is -2.29. The van der Waals surface area contributed by atoms with Crippen molar-refractivity contribution in [2.75, 3.05) is 12.3 Å². The van der Waals surface area contributed by atoms with E-state index in [-0.39, 0.29) is 17.0 Å². The lowest BCUT2D eigenvalue weighted by atomic mass is 9.85. The van der Waals surface area contributed by atoms with Gasteiger partial charge in [0, 0.05) is 0 Å². The van der Waals surface area contributed by atoms with Gasteiger partial charge in [0.15, 0.2) is 29.3 Å². The van der Waals surface area contributed by atoms with Crippen LogP contribution in [0.5, 0.6) is 6.01 Å². The zero-order chi connectivity index (χ0) is 20.4. The zero-order valence-electron chi connectivity index (χ0n) is 13.9. The van der Waals surface area contributed by atoms with Gasteiger partial charge in [-0.3, -0.25) is 4.57 Å². The summed E-state index contributed by atoms with van der Waals surface area (Å²) in [4.78, 5) is 11.4. The molecule has 1 saturated carbocycles. The molecule has 0 spiro atoms. The number of imidazole rings is 1. The standard InChI is InChI=1S/C14H15F4N5O5/c15-13(16)1-5(14(13,17)18)28-12-21-9(19)6-10(22-12)23(3-20-6)11-8(26)7(25)4(2-24)27-11/h3-5,7-8,11,24-26H,1-2H2,(H2,19,21,22)/t4-,5?,7-,8-,11-/m1/s1. The molecule has 1 aliphatic heterocycles. The molecule has 5 N–H and O–H groups in total. The van der Waals surface area contributed by atoms with Gasteiger partial charge in [0.2, 0.25) is 0 Å². The van der Waals surface area contributed by atoms with E-state index >= 15 is 0 Å². The Balaban J connectivity index is 1.66. The molecule has 2 aromatic rings. The number of aliphatic hydroxyl groups excluding tert-OH is 3. The number of fused-ring (bicyclic) bond motifs is 1. The third kappa shape index (κ3) is 2.59. The molecule has 0 amide bonds. The third-order valence-corrected chi connectivity index (χ3v) is 4.80. The van der Waals surface area contributed by atoms with Crippen molar-refractivity contribution in [3.8, 4) is 6.01 Å². The molecule has 10 nitrogen and oxygen atoms in total. The van der Waals surface area contributed by atoms with Crippen LogP contribution < -0.4 is 10.5 Å². The number of nitrogens with zero attached hydrogens (tertiary/aromatic N) is 4. The quantitative estimate of drug-likeness (QED) is 0.488. The van der Waals surface area contributed by atoms with Crippen molar-refractivity contribution in [3.05, 3.63) is 6.33 Å². The largest absolute Gasteiger partial charge is 0.453 e. The average Bonchev–Trinajstić information content (AvgIpc) is 3.16. The van der Waals surface area contributed by atoms with Gasteiger partial charge in [-0.1, -0.05) is 0 Å². The molecule has 1 unspecified atom stereocenters. The Bertz CT molecular complexity index is 912. The highest BCUT2D eigenvalue weighted by Crippen LogP contribution is 2.52. The monoisotopic (exact) mass is 409 g/mol. The molecule has 1 aliphatic carbocycles. The summed E-state index contributed by atoms with van der Waals surface area (Å²) in [6.07, 6.45) is -7.38. The highest BCUT2D eigenvalue weighted by Gasteiger charge is 2.73. The molecule has 0 radical (unpaired) electrons. The van der Waals surface area contributed by atoms with Gasteiger partial charge in [-0.2, -0.15) is 27.5 Å². The molecule has 3 heterocycles. The number of hydrogen-bond acceptors (Lipinski definition) is 9. The molecule has 1 saturated heterocycles. The van der Waals surface area contributed by atoms with Gasteiger partial charge in [0.25, 0.3) is 0 Å². The van der Waals surface area contributed by atoms with Gasteiger partial charge in [-0.15, -0.1) is 0 Å². The van der Waals surface area contributed by atoms with Crippen LogP contribution in [0.4, 0.5) is 23.4 Å². The predicted octanol–water partition coefficient (Wildman–Crippen LogP) is -0.558. The lowest BCUT2D eigenvalue weighted by Crippen LogP contribution is -2.64. The number of aliphatic hydroxyl groups is 3. The summed E-state index contributed by atoms with van der Waals surface area (Å²) in [5.74, 6) is -8.85. The van der Waals surface area contributed by atoms with Crippen LogP contribution in [0.25, 0.3) is 11.2 Å². The lowest BCUT2D eigenvalue weighted by Gasteiger charge is -2.42. The van der Waals surface area contributed by atoms with E-state index in [0.717, 1.165) is 10.9 Å². The third-order valence-electron chi connectivity index (χ3n) is 4.80. The Morgan fingerprint density at radius 1 is 1.25 bits per heavy atom. The maximum atomic E-state index is 13.4. The molecule has 0 aromatic carbocycles. The maximum absolute atomic E-state index is 13.4. The van der Waals surface area contributed by atoms with Gasteiger partial charge in [-0.25, -0.2) is 4.98 Å². The average molecular weight is 409 g/mol. The first kappa shape index (κ1) is 19.0. The van der Waals surface area contributed by atoms with Crippen molar-refractivity contribution >= 4 is 17.0 Å². The molecule has 4 rings (SSSR count). The summed E-state index contributed by atoms with van der Waals surface area (Å²) < 4.78 is 64.1.